The first-order valence-electron chi connectivity index (χ1n) is 18.1. The first-order valence-corrected chi connectivity index (χ1v) is 18.1. The van der Waals surface area contributed by atoms with E-state index in [1.54, 1.807) is 6.20 Å². The maximum atomic E-state index is 6.58. The number of rotatable bonds is 4. The molecule has 4 heterocycles. The van der Waals surface area contributed by atoms with Gasteiger partial charge in [0.15, 0.2) is 0 Å². The maximum Gasteiger partial charge on any atom is 0.147 e. The van der Waals surface area contributed by atoms with Gasteiger partial charge in [0.25, 0.3) is 0 Å². The molecule has 0 aliphatic heterocycles. The number of hydrogen-bond donors (Lipinski definition) is 0. The van der Waals surface area contributed by atoms with Crippen LogP contribution in [0.25, 0.3) is 88.4 Å². The van der Waals surface area contributed by atoms with Crippen molar-refractivity contribution >= 4 is 43.6 Å². The molecule has 4 aromatic heterocycles. The van der Waals surface area contributed by atoms with Gasteiger partial charge in [-0.3, -0.25) is 0 Å². The van der Waals surface area contributed by atoms with Gasteiger partial charge in [-0.25, -0.2) is 4.98 Å². The largest absolute Gasteiger partial charge is 0.498 e. The molecule has 0 aliphatic carbocycles. The van der Waals surface area contributed by atoms with E-state index in [1.165, 1.54) is 33.0 Å². The van der Waals surface area contributed by atoms with E-state index in [1.807, 2.05) is 67.7 Å². The molecular formula is C50H35IrN3O-2. The van der Waals surface area contributed by atoms with E-state index in [0.717, 1.165) is 72.2 Å². The number of aromatic nitrogens is 3. The second-order valence-electron chi connectivity index (χ2n) is 13.6. The van der Waals surface area contributed by atoms with Crippen molar-refractivity contribution in [2.75, 3.05) is 0 Å². The monoisotopic (exact) mass is 886 g/mol. The van der Waals surface area contributed by atoms with E-state index in [0.29, 0.717) is 0 Å². The predicted octanol–water partition coefficient (Wildman–Crippen LogP) is 13.0. The van der Waals surface area contributed by atoms with E-state index in [-0.39, 0.29) is 20.1 Å². The molecular weight excluding hydrogens is 851 g/mol. The Hall–Kier alpha value is -6.26. The van der Waals surface area contributed by atoms with Crippen LogP contribution in [0.4, 0.5) is 0 Å². The number of furan rings is 1. The van der Waals surface area contributed by atoms with Crippen LogP contribution in [0.1, 0.15) is 16.8 Å². The molecule has 10 rings (SSSR count). The second kappa shape index (κ2) is 15.2. The second-order valence-corrected chi connectivity index (χ2v) is 13.6. The first-order chi connectivity index (χ1) is 26.5. The number of hydrogen-bond acceptors (Lipinski definition) is 4. The summed E-state index contributed by atoms with van der Waals surface area (Å²) < 4.78 is 6.58. The van der Waals surface area contributed by atoms with Crippen LogP contribution < -0.4 is 0 Å². The number of nitrogens with zero attached hydrogens (tertiary/aromatic N) is 3. The van der Waals surface area contributed by atoms with Crippen LogP contribution in [0.2, 0.25) is 0 Å². The van der Waals surface area contributed by atoms with Crippen molar-refractivity contribution in [3.8, 4) is 44.8 Å². The zero-order chi connectivity index (χ0) is 36.6. The minimum Gasteiger partial charge on any atom is -0.498 e. The molecule has 267 valence electrons. The summed E-state index contributed by atoms with van der Waals surface area (Å²) in [4.78, 5) is 13.9. The van der Waals surface area contributed by atoms with Crippen LogP contribution >= 0.6 is 0 Å². The van der Waals surface area contributed by atoms with Crippen LogP contribution in [0, 0.1) is 32.9 Å². The number of aryl methyl sites for hydroxylation is 3. The molecule has 10 aromatic rings. The molecule has 0 atom stereocenters. The Labute approximate surface area is 333 Å². The molecule has 5 heteroatoms. The Morgan fingerprint density at radius 3 is 2.15 bits per heavy atom. The molecule has 0 spiro atoms. The summed E-state index contributed by atoms with van der Waals surface area (Å²) in [5, 5.41) is 5.66. The van der Waals surface area contributed by atoms with Crippen molar-refractivity contribution in [1.82, 2.24) is 15.0 Å². The molecule has 4 nitrogen and oxygen atoms in total. The minimum absolute atomic E-state index is 0. The topological polar surface area (TPSA) is 51.8 Å². The molecule has 0 saturated heterocycles. The predicted molar refractivity (Wildman–Crippen MR) is 222 cm³/mol. The van der Waals surface area contributed by atoms with E-state index < -0.39 is 0 Å². The first kappa shape index (κ1) is 35.8. The SMILES string of the molecule is Cc1ccc2ccc3c4cc[c-]c(-c5cc(-c6ccc7cc(-c8ccccc8)ccc7c6C)c(C)cn5)c4oc3c2n1.[Ir].[c-]1ccccc1-c1ccccn1. The third-order valence-electron chi connectivity index (χ3n) is 10.1. The molecule has 55 heavy (non-hydrogen) atoms. The summed E-state index contributed by atoms with van der Waals surface area (Å²) in [5.41, 5.74) is 14.4. The zero-order valence-electron chi connectivity index (χ0n) is 30.6. The molecule has 0 fully saturated rings. The fourth-order valence-corrected chi connectivity index (χ4v) is 7.28. The van der Waals surface area contributed by atoms with Gasteiger partial charge in [-0.1, -0.05) is 102 Å². The molecule has 0 amide bonds. The summed E-state index contributed by atoms with van der Waals surface area (Å²) >= 11 is 0. The number of fused-ring (bicyclic) bond motifs is 6. The van der Waals surface area contributed by atoms with Crippen LogP contribution in [-0.4, -0.2) is 15.0 Å². The molecule has 0 saturated carbocycles. The van der Waals surface area contributed by atoms with Gasteiger partial charge in [0.1, 0.15) is 11.1 Å². The fourth-order valence-electron chi connectivity index (χ4n) is 7.28. The van der Waals surface area contributed by atoms with Crippen molar-refractivity contribution in [2.45, 2.75) is 20.8 Å². The Balaban J connectivity index is 0.000000280. The smallest absolute Gasteiger partial charge is 0.147 e. The summed E-state index contributed by atoms with van der Waals surface area (Å²) in [6.07, 6.45) is 3.75. The van der Waals surface area contributed by atoms with E-state index in [9.17, 15) is 0 Å². The number of benzene rings is 6. The average Bonchev–Trinajstić information content (AvgIpc) is 3.62. The standard InChI is InChI=1S/C39H27N2O.C11H8N.Ir/c1-23-22-40-36(34-11-7-10-32-33-19-14-27-13-12-24(2)41-37(27)39(33)42-38(32)34)21-35(23)31-18-16-29-20-28(15-17-30(29)25(31)3)26-8-5-4-6-9-26;1-2-6-10(7-3-1)11-8-4-5-9-12-11;/h4-10,12-22H,1-3H3;1-6,8-9H;/q2*-1;. The van der Waals surface area contributed by atoms with Gasteiger partial charge in [-0.05, 0) is 94.5 Å². The average molecular weight is 886 g/mol. The van der Waals surface area contributed by atoms with Crippen molar-refractivity contribution in [3.63, 3.8) is 0 Å². The summed E-state index contributed by atoms with van der Waals surface area (Å²) in [6, 6.07) is 56.6. The van der Waals surface area contributed by atoms with Crippen LogP contribution in [0.15, 0.2) is 162 Å². The van der Waals surface area contributed by atoms with Crippen LogP contribution in [0.3, 0.4) is 0 Å². The molecule has 0 bridgehead atoms. The van der Waals surface area contributed by atoms with Crippen molar-refractivity contribution in [1.29, 1.82) is 0 Å². The maximum absolute atomic E-state index is 6.58. The third-order valence-corrected chi connectivity index (χ3v) is 10.1. The van der Waals surface area contributed by atoms with E-state index in [4.69, 9.17) is 14.4 Å². The molecule has 1 radical (unpaired) electrons. The van der Waals surface area contributed by atoms with Crippen molar-refractivity contribution in [2.24, 2.45) is 0 Å². The van der Waals surface area contributed by atoms with Gasteiger partial charge >= 0.3 is 0 Å². The summed E-state index contributed by atoms with van der Waals surface area (Å²) in [7, 11) is 0. The Kier molecular flexibility index (Phi) is 9.90. The van der Waals surface area contributed by atoms with Crippen LogP contribution in [-0.2, 0) is 20.1 Å². The molecule has 0 aliphatic rings. The Morgan fingerprint density at radius 2 is 1.33 bits per heavy atom. The van der Waals surface area contributed by atoms with Gasteiger partial charge < -0.3 is 14.4 Å². The van der Waals surface area contributed by atoms with Crippen LogP contribution in [0.5, 0.6) is 0 Å². The summed E-state index contributed by atoms with van der Waals surface area (Å²) in [5.74, 6) is 0. The molecule has 6 aromatic carbocycles. The quantitative estimate of drug-likeness (QED) is 0.165. The normalized spacial score (nSPS) is 11.0. The van der Waals surface area contributed by atoms with Gasteiger partial charge in [0, 0.05) is 49.0 Å². The molecule has 0 unspecified atom stereocenters. The minimum atomic E-state index is 0. The van der Waals surface area contributed by atoms with Gasteiger partial charge in [-0.2, -0.15) is 0 Å². The summed E-state index contributed by atoms with van der Waals surface area (Å²) in [6.45, 7) is 6.35. The van der Waals surface area contributed by atoms with Gasteiger partial charge in [0.05, 0.1) is 5.58 Å². The van der Waals surface area contributed by atoms with E-state index in [2.05, 4.69) is 122 Å². The Bertz CT molecular complexity index is 2920. The van der Waals surface area contributed by atoms with Gasteiger partial charge in [0.2, 0.25) is 0 Å². The van der Waals surface area contributed by atoms with Crippen molar-refractivity contribution < 1.29 is 24.5 Å². The molecule has 0 N–H and O–H groups in total. The van der Waals surface area contributed by atoms with E-state index >= 15 is 0 Å². The number of pyridine rings is 3. The van der Waals surface area contributed by atoms with Gasteiger partial charge in [-0.15, -0.1) is 54.1 Å². The third kappa shape index (κ3) is 6.85. The Morgan fingerprint density at radius 1 is 0.545 bits per heavy atom. The fraction of sp³-hybridized carbons (Fsp3) is 0.0600. The zero-order valence-corrected chi connectivity index (χ0v) is 33.0. The van der Waals surface area contributed by atoms with Crippen molar-refractivity contribution in [3.05, 3.63) is 187 Å².